The van der Waals surface area contributed by atoms with Crippen molar-refractivity contribution in [3.8, 4) is 0 Å². The Morgan fingerprint density at radius 3 is 2.27 bits per heavy atom. The quantitative estimate of drug-likeness (QED) is 0.103. The van der Waals surface area contributed by atoms with E-state index in [1.807, 2.05) is 0 Å². The summed E-state index contributed by atoms with van der Waals surface area (Å²) in [6.45, 7) is 12.3. The SMILES string of the molecule is CC(C)(C)OC(=O)Nc1nc(/C(=N\OC(C)(C)C(=O)OC(C)(C)C)C(=O)N[C@@H]2C(=O)N(S(=O)(=O)O)[C@@H]2Cn2cncn2)ns1. The van der Waals surface area contributed by atoms with Gasteiger partial charge in [0.25, 0.3) is 11.8 Å². The first-order chi connectivity index (χ1) is 20.1. The molecule has 44 heavy (non-hydrogen) atoms. The topological polar surface area (TPSA) is 246 Å². The third kappa shape index (κ3) is 8.89. The Bertz CT molecular complexity index is 1540. The average Bonchev–Trinajstić information content (AvgIpc) is 3.51. The molecule has 19 nitrogen and oxygen atoms in total. The summed E-state index contributed by atoms with van der Waals surface area (Å²) in [7, 11) is -4.99. The number of oxime groups is 1. The largest absolute Gasteiger partial charge is 0.457 e. The minimum absolute atomic E-state index is 0.0949. The Kier molecular flexibility index (Phi) is 9.65. The zero-order chi connectivity index (χ0) is 33.3. The summed E-state index contributed by atoms with van der Waals surface area (Å²) in [6, 6.07) is -2.80. The number of amides is 3. The second-order valence-corrected chi connectivity index (χ2v) is 13.9. The molecular weight excluding hydrogens is 626 g/mol. The summed E-state index contributed by atoms with van der Waals surface area (Å²) in [4.78, 5) is 64.3. The van der Waals surface area contributed by atoms with Gasteiger partial charge in [-0.1, -0.05) is 5.16 Å². The van der Waals surface area contributed by atoms with E-state index in [0.717, 1.165) is 6.33 Å². The minimum atomic E-state index is -4.99. The number of esters is 1. The number of carbonyl (C=O) groups is 4. The molecule has 3 rings (SSSR count). The number of nitrogens with one attached hydrogen (secondary N) is 2. The Balaban J connectivity index is 1.92. The number of nitrogens with zero attached hydrogens (tertiary/aromatic N) is 7. The fraction of sp³-hybridized carbons (Fsp3) is 0.609. The van der Waals surface area contributed by atoms with Crippen LogP contribution in [0, 0.1) is 0 Å². The highest BCUT2D eigenvalue weighted by molar-refractivity contribution is 7.84. The molecule has 0 aliphatic carbocycles. The van der Waals surface area contributed by atoms with Crippen LogP contribution >= 0.6 is 11.5 Å². The average molecular weight is 660 g/mol. The van der Waals surface area contributed by atoms with E-state index in [2.05, 4.69) is 35.2 Å². The Morgan fingerprint density at radius 1 is 1.09 bits per heavy atom. The number of hydrogen-bond acceptors (Lipinski definition) is 15. The molecule has 3 amide bonds. The van der Waals surface area contributed by atoms with Crippen molar-refractivity contribution < 1.29 is 46.5 Å². The fourth-order valence-corrected chi connectivity index (χ4v) is 4.84. The third-order valence-corrected chi connectivity index (χ3v) is 6.84. The standard InChI is InChI=1S/C23H33N9O10S2/c1-21(2,3)40-18(35)23(7,8)42-29-14(15-27-19(43-30-15)28-20(36)41-22(4,5)6)16(33)26-13-12(9-31-11-24-10-25-31)32(17(13)34)44(37,38)39/h10-13H,9H2,1-8H3,(H,26,33)(H,37,38,39)(H,27,28,30,36)/b29-14+/t12-,13+/m1/s1. The normalized spacial score (nSPS) is 17.9. The zero-order valence-corrected chi connectivity index (χ0v) is 26.7. The van der Waals surface area contributed by atoms with Gasteiger partial charge in [0.2, 0.25) is 22.3 Å². The summed E-state index contributed by atoms with van der Waals surface area (Å²) >= 11 is 0.656. The molecule has 1 aliphatic heterocycles. The number of carbonyl (C=O) groups excluding carboxylic acids is 4. The molecule has 0 aromatic carbocycles. The second-order valence-electron chi connectivity index (χ2n) is 11.8. The summed E-state index contributed by atoms with van der Waals surface area (Å²) in [6.07, 6.45) is 1.55. The summed E-state index contributed by atoms with van der Waals surface area (Å²) in [5.74, 6) is -3.48. The van der Waals surface area contributed by atoms with E-state index in [-0.39, 0.29) is 21.8 Å². The first kappa shape index (κ1) is 34.3. The van der Waals surface area contributed by atoms with Gasteiger partial charge in [0.15, 0.2) is 0 Å². The third-order valence-electron chi connectivity index (χ3n) is 5.26. The first-order valence-electron chi connectivity index (χ1n) is 12.8. The zero-order valence-electron chi connectivity index (χ0n) is 25.1. The van der Waals surface area contributed by atoms with Gasteiger partial charge >= 0.3 is 22.4 Å². The number of rotatable bonds is 10. The lowest BCUT2D eigenvalue weighted by molar-refractivity contribution is -0.179. The van der Waals surface area contributed by atoms with E-state index in [9.17, 15) is 32.1 Å². The number of hydrogen-bond donors (Lipinski definition) is 3. The van der Waals surface area contributed by atoms with Crippen LogP contribution in [-0.2, 0) is 45.5 Å². The highest BCUT2D eigenvalue weighted by atomic mass is 32.2. The molecule has 2 aromatic heterocycles. The number of aromatic nitrogens is 5. The lowest BCUT2D eigenvalue weighted by Gasteiger charge is -2.43. The van der Waals surface area contributed by atoms with Gasteiger partial charge in [-0.05, 0) is 55.4 Å². The molecule has 0 spiro atoms. The highest BCUT2D eigenvalue weighted by Gasteiger charge is 2.54. The monoisotopic (exact) mass is 659 g/mol. The predicted molar refractivity (Wildman–Crippen MR) is 151 cm³/mol. The molecule has 242 valence electrons. The molecule has 3 N–H and O–H groups in total. The van der Waals surface area contributed by atoms with Crippen molar-refractivity contribution in [2.45, 2.75) is 90.8 Å². The molecule has 21 heteroatoms. The first-order valence-corrected chi connectivity index (χ1v) is 15.0. The number of anilines is 1. The molecular formula is C23H33N9O10S2. The molecule has 1 fully saturated rings. The molecule has 0 unspecified atom stereocenters. The summed E-state index contributed by atoms with van der Waals surface area (Å²) in [5.41, 5.74) is -4.06. The molecule has 0 saturated carbocycles. The maximum Gasteiger partial charge on any atom is 0.414 e. The van der Waals surface area contributed by atoms with Gasteiger partial charge in [0, 0.05) is 11.5 Å². The van der Waals surface area contributed by atoms with Crippen molar-refractivity contribution >= 4 is 56.6 Å². The fourth-order valence-electron chi connectivity index (χ4n) is 3.41. The van der Waals surface area contributed by atoms with E-state index < -0.39 is 68.8 Å². The summed E-state index contributed by atoms with van der Waals surface area (Å²) < 4.78 is 49.2. The van der Waals surface area contributed by atoms with Crippen molar-refractivity contribution in [1.82, 2.24) is 33.7 Å². The van der Waals surface area contributed by atoms with Gasteiger partial charge < -0.3 is 19.6 Å². The van der Waals surface area contributed by atoms with Gasteiger partial charge in [-0.15, -0.1) is 0 Å². The molecule has 2 atom stereocenters. The molecule has 1 aliphatic rings. The number of β-lactam (4-membered cyclic amide) rings is 1. The van der Waals surface area contributed by atoms with Crippen LogP contribution in [0.3, 0.4) is 0 Å². The van der Waals surface area contributed by atoms with Crippen LogP contribution in [0.5, 0.6) is 0 Å². The van der Waals surface area contributed by atoms with Crippen molar-refractivity contribution in [3.05, 3.63) is 18.5 Å². The van der Waals surface area contributed by atoms with Gasteiger partial charge in [-0.2, -0.15) is 22.9 Å². The second kappa shape index (κ2) is 12.4. The highest BCUT2D eigenvalue weighted by Crippen LogP contribution is 2.26. The Hall–Kier alpha value is -4.24. The summed E-state index contributed by atoms with van der Waals surface area (Å²) in [5, 5.41) is 12.2. The van der Waals surface area contributed by atoms with E-state index in [1.165, 1.54) is 24.9 Å². The molecule has 1 saturated heterocycles. The molecule has 3 heterocycles. The smallest absolute Gasteiger partial charge is 0.414 e. The molecule has 0 bridgehead atoms. The van der Waals surface area contributed by atoms with Crippen LogP contribution in [-0.4, -0.2) is 99.9 Å². The minimum Gasteiger partial charge on any atom is -0.457 e. The van der Waals surface area contributed by atoms with Crippen LogP contribution in [0.1, 0.15) is 61.2 Å². The Labute approximate surface area is 256 Å². The lowest BCUT2D eigenvalue weighted by Crippen LogP contribution is -2.73. The van der Waals surface area contributed by atoms with E-state index >= 15 is 0 Å². The van der Waals surface area contributed by atoms with Crippen molar-refractivity contribution in [2.24, 2.45) is 5.16 Å². The Morgan fingerprint density at radius 2 is 1.73 bits per heavy atom. The molecule has 2 aromatic rings. The van der Waals surface area contributed by atoms with Crippen LogP contribution < -0.4 is 10.6 Å². The van der Waals surface area contributed by atoms with Crippen LogP contribution in [0.2, 0.25) is 0 Å². The van der Waals surface area contributed by atoms with Crippen molar-refractivity contribution in [2.75, 3.05) is 5.32 Å². The van der Waals surface area contributed by atoms with Crippen LogP contribution in [0.4, 0.5) is 9.93 Å². The van der Waals surface area contributed by atoms with Gasteiger partial charge in [-0.3, -0.25) is 24.1 Å². The van der Waals surface area contributed by atoms with Crippen molar-refractivity contribution in [1.29, 1.82) is 0 Å². The van der Waals surface area contributed by atoms with Crippen LogP contribution in [0.15, 0.2) is 17.8 Å². The maximum atomic E-state index is 13.5. The van der Waals surface area contributed by atoms with E-state index in [0.29, 0.717) is 11.5 Å². The number of ether oxygens (including phenoxy) is 2. The van der Waals surface area contributed by atoms with E-state index in [4.69, 9.17) is 14.3 Å². The van der Waals surface area contributed by atoms with Crippen LogP contribution in [0.25, 0.3) is 0 Å². The van der Waals surface area contributed by atoms with Gasteiger partial charge in [0.1, 0.15) is 29.9 Å². The van der Waals surface area contributed by atoms with Gasteiger partial charge in [-0.25, -0.2) is 18.9 Å². The predicted octanol–water partition coefficient (Wildman–Crippen LogP) is 0.516. The van der Waals surface area contributed by atoms with Gasteiger partial charge in [0.05, 0.1) is 12.6 Å². The molecule has 0 radical (unpaired) electrons. The maximum absolute atomic E-state index is 13.5. The van der Waals surface area contributed by atoms with Crippen molar-refractivity contribution in [3.63, 3.8) is 0 Å². The van der Waals surface area contributed by atoms with E-state index in [1.54, 1.807) is 41.5 Å². The lowest BCUT2D eigenvalue weighted by atomic mass is 9.98.